The maximum atomic E-state index is 12.9. The number of thiophene rings is 1. The summed E-state index contributed by atoms with van der Waals surface area (Å²) < 4.78 is -2.10. The van der Waals surface area contributed by atoms with Crippen LogP contribution in [0.25, 0.3) is 0 Å². The molecule has 1 aliphatic rings. The third kappa shape index (κ3) is 4.50. The van der Waals surface area contributed by atoms with Crippen molar-refractivity contribution in [3.8, 4) is 0 Å². The normalized spacial score (nSPS) is 14.4. The minimum Gasteiger partial charge on any atom is -0.308 e. The topological polar surface area (TPSA) is 37.4 Å². The molecule has 0 bridgehead atoms. The van der Waals surface area contributed by atoms with Crippen molar-refractivity contribution in [1.82, 2.24) is 0 Å². The molecule has 1 heterocycles. The van der Waals surface area contributed by atoms with Crippen molar-refractivity contribution in [2.45, 2.75) is 16.6 Å². The number of benzene rings is 1. The van der Waals surface area contributed by atoms with Gasteiger partial charge in [0.25, 0.3) is 9.70 Å². The number of hydrogen-bond acceptors (Lipinski definition) is 3. The van der Waals surface area contributed by atoms with Gasteiger partial charge >= 0.3 is 0 Å². The minimum atomic E-state index is -2.10. The van der Waals surface area contributed by atoms with E-state index < -0.39 is 9.70 Å². The summed E-state index contributed by atoms with van der Waals surface area (Å²) in [5, 5.41) is 2.21. The number of amides is 1. The molecule has 1 saturated carbocycles. The Morgan fingerprint density at radius 2 is 1.92 bits per heavy atom. The molecule has 1 aliphatic carbocycles. The van der Waals surface area contributed by atoms with Gasteiger partial charge in [-0.25, -0.2) is 0 Å². The summed E-state index contributed by atoms with van der Waals surface area (Å²) in [4.78, 5) is 27.5. The molecule has 1 fully saturated rings. The summed E-state index contributed by atoms with van der Waals surface area (Å²) in [6.45, 7) is 0.402. The number of ketones is 1. The van der Waals surface area contributed by atoms with Gasteiger partial charge in [0, 0.05) is 17.1 Å². The van der Waals surface area contributed by atoms with E-state index in [9.17, 15) is 9.59 Å². The molecule has 132 valence electrons. The van der Waals surface area contributed by atoms with Crippen molar-refractivity contribution in [3.05, 3.63) is 51.2 Å². The zero-order valence-electron chi connectivity index (χ0n) is 12.8. The van der Waals surface area contributed by atoms with Crippen LogP contribution < -0.4 is 4.90 Å². The predicted molar refractivity (Wildman–Crippen MR) is 105 cm³/mol. The van der Waals surface area contributed by atoms with E-state index in [-0.39, 0.29) is 5.78 Å². The minimum absolute atomic E-state index is 0.217. The maximum Gasteiger partial charge on any atom is 0.279 e. The van der Waals surface area contributed by atoms with E-state index in [1.165, 1.54) is 16.2 Å². The molecule has 0 atom stereocenters. The Balaban J connectivity index is 2.06. The number of rotatable bonds is 5. The Labute approximate surface area is 169 Å². The van der Waals surface area contributed by atoms with Crippen LogP contribution in [-0.4, -0.2) is 22.0 Å². The lowest BCUT2D eigenvalue weighted by Gasteiger charge is -2.27. The summed E-state index contributed by atoms with van der Waals surface area (Å²) in [6.07, 6.45) is 2.01. The van der Waals surface area contributed by atoms with E-state index in [2.05, 4.69) is 0 Å². The molecule has 0 saturated heterocycles. The number of carbonyl (C=O) groups excluding carboxylic acids is 2. The SMILES string of the molecule is O=C(c1cccs1)c1cc(Cl)ccc1N(CC1CC1)C(=O)C(Cl)(Cl)Cl. The van der Waals surface area contributed by atoms with Crippen LogP contribution in [0.15, 0.2) is 35.7 Å². The van der Waals surface area contributed by atoms with Crippen LogP contribution >= 0.6 is 57.7 Å². The second kappa shape index (κ2) is 7.45. The molecule has 1 aromatic carbocycles. The van der Waals surface area contributed by atoms with E-state index >= 15 is 0 Å². The van der Waals surface area contributed by atoms with E-state index in [0.717, 1.165) is 12.8 Å². The average molecular weight is 437 g/mol. The molecule has 3 rings (SSSR count). The van der Waals surface area contributed by atoms with Gasteiger partial charge in [0.15, 0.2) is 0 Å². The maximum absolute atomic E-state index is 12.9. The van der Waals surface area contributed by atoms with Gasteiger partial charge in [-0.05, 0) is 48.4 Å². The lowest BCUT2D eigenvalue weighted by atomic mass is 10.1. The lowest BCUT2D eigenvalue weighted by Crippen LogP contribution is -2.41. The van der Waals surface area contributed by atoms with Gasteiger partial charge in [-0.15, -0.1) is 11.3 Å². The fourth-order valence-corrected chi connectivity index (χ4v) is 3.62. The number of hydrogen-bond donors (Lipinski definition) is 0. The molecular formula is C17H13Cl4NO2S. The van der Waals surface area contributed by atoms with Gasteiger partial charge in [-0.1, -0.05) is 52.5 Å². The summed E-state index contributed by atoms with van der Waals surface area (Å²) in [6, 6.07) is 8.30. The predicted octanol–water partition coefficient (Wildman–Crippen LogP) is 5.75. The Kier molecular flexibility index (Phi) is 5.66. The van der Waals surface area contributed by atoms with Gasteiger partial charge in [-0.2, -0.15) is 0 Å². The first-order valence-corrected chi connectivity index (χ1v) is 9.93. The molecule has 0 spiro atoms. The lowest BCUT2D eigenvalue weighted by molar-refractivity contribution is -0.117. The second-order valence-corrected chi connectivity index (χ2v) is 9.49. The highest BCUT2D eigenvalue weighted by atomic mass is 35.6. The number of nitrogens with zero attached hydrogens (tertiary/aromatic N) is 1. The monoisotopic (exact) mass is 435 g/mol. The quantitative estimate of drug-likeness (QED) is 0.442. The molecule has 3 nitrogen and oxygen atoms in total. The van der Waals surface area contributed by atoms with Crippen LogP contribution in [0.4, 0.5) is 5.69 Å². The first-order valence-electron chi connectivity index (χ1n) is 7.54. The van der Waals surface area contributed by atoms with Crippen molar-refractivity contribution >= 4 is 75.1 Å². The molecule has 1 amide bonds. The van der Waals surface area contributed by atoms with Crippen LogP contribution in [0.1, 0.15) is 28.1 Å². The van der Waals surface area contributed by atoms with Crippen LogP contribution in [0.5, 0.6) is 0 Å². The van der Waals surface area contributed by atoms with Gasteiger partial charge in [0.1, 0.15) is 0 Å². The summed E-state index contributed by atoms with van der Waals surface area (Å²) >= 11 is 24.9. The number of halogens is 4. The summed E-state index contributed by atoms with van der Waals surface area (Å²) in [5.74, 6) is -0.547. The molecule has 0 N–H and O–H groups in total. The van der Waals surface area contributed by atoms with E-state index in [4.69, 9.17) is 46.4 Å². The molecule has 0 unspecified atom stereocenters. The van der Waals surface area contributed by atoms with Crippen molar-refractivity contribution in [1.29, 1.82) is 0 Å². The van der Waals surface area contributed by atoms with Gasteiger partial charge in [0.05, 0.1) is 10.6 Å². The third-order valence-corrected chi connectivity index (χ3v) is 5.45. The summed E-state index contributed by atoms with van der Waals surface area (Å²) in [7, 11) is 0. The fourth-order valence-electron chi connectivity index (χ4n) is 2.47. The standard InChI is InChI=1S/C17H13Cl4NO2S/c18-11-5-6-13(12(8-11)15(23)14-2-1-7-25-14)22(9-10-3-4-10)16(24)17(19,20)21/h1-2,5-8,10H,3-4,9H2. The highest BCUT2D eigenvalue weighted by Crippen LogP contribution is 2.38. The molecule has 0 aliphatic heterocycles. The molecule has 0 radical (unpaired) electrons. The highest BCUT2D eigenvalue weighted by molar-refractivity contribution is 7.12. The first kappa shape index (κ1) is 19.0. The molecule has 1 aromatic heterocycles. The number of carbonyl (C=O) groups is 2. The zero-order chi connectivity index (χ0) is 18.2. The third-order valence-electron chi connectivity index (χ3n) is 3.86. The largest absolute Gasteiger partial charge is 0.308 e. The van der Waals surface area contributed by atoms with Crippen LogP contribution in [0.2, 0.25) is 5.02 Å². The number of alkyl halides is 3. The van der Waals surface area contributed by atoms with Crippen molar-refractivity contribution in [3.63, 3.8) is 0 Å². The Morgan fingerprint density at radius 3 is 2.48 bits per heavy atom. The van der Waals surface area contributed by atoms with E-state index in [1.807, 2.05) is 5.38 Å². The van der Waals surface area contributed by atoms with Crippen molar-refractivity contribution in [2.75, 3.05) is 11.4 Å². The van der Waals surface area contributed by atoms with Crippen molar-refractivity contribution in [2.24, 2.45) is 5.92 Å². The Hall–Kier alpha value is -0.780. The average Bonchev–Trinajstić information content (AvgIpc) is 3.20. The van der Waals surface area contributed by atoms with Crippen molar-refractivity contribution < 1.29 is 9.59 Å². The molecule has 8 heteroatoms. The Morgan fingerprint density at radius 1 is 1.20 bits per heavy atom. The van der Waals surface area contributed by atoms with Gasteiger partial charge < -0.3 is 4.90 Å². The molecule has 25 heavy (non-hydrogen) atoms. The smallest absolute Gasteiger partial charge is 0.279 e. The summed E-state index contributed by atoms with van der Waals surface area (Å²) in [5.41, 5.74) is 0.726. The van der Waals surface area contributed by atoms with Crippen LogP contribution in [0, 0.1) is 5.92 Å². The van der Waals surface area contributed by atoms with E-state index in [1.54, 1.807) is 30.3 Å². The zero-order valence-corrected chi connectivity index (χ0v) is 16.7. The highest BCUT2D eigenvalue weighted by Gasteiger charge is 2.39. The van der Waals surface area contributed by atoms with Crippen LogP contribution in [0.3, 0.4) is 0 Å². The molecular weight excluding hydrogens is 424 g/mol. The van der Waals surface area contributed by atoms with Gasteiger partial charge in [0.2, 0.25) is 5.78 Å². The van der Waals surface area contributed by atoms with Crippen LogP contribution in [-0.2, 0) is 4.79 Å². The first-order chi connectivity index (χ1) is 11.8. The van der Waals surface area contributed by atoms with E-state index in [0.29, 0.717) is 33.6 Å². The second-order valence-electron chi connectivity index (χ2n) is 5.82. The Bertz CT molecular complexity index is 797. The number of anilines is 1. The fraction of sp³-hybridized carbons (Fsp3) is 0.294. The van der Waals surface area contributed by atoms with Gasteiger partial charge in [-0.3, -0.25) is 9.59 Å². The molecule has 2 aromatic rings.